The molecule has 0 spiro atoms. The van der Waals surface area contributed by atoms with E-state index < -0.39 is 23.4 Å². The number of piperazine rings is 1. The molecule has 0 bridgehead atoms. The Hall–Kier alpha value is -4.07. The Kier molecular flexibility index (Phi) is 6.04. The maximum atomic E-state index is 13.5. The number of carbonyl (C=O) groups is 2. The van der Waals surface area contributed by atoms with Crippen molar-refractivity contribution >= 4 is 22.9 Å². The number of nitrogens with zero attached hydrogens (tertiary/aromatic N) is 3. The molecule has 5 nitrogen and oxygen atoms in total. The maximum Gasteiger partial charge on any atom is 0.416 e. The molecule has 1 aliphatic heterocycles. The fraction of sp³-hybridized carbons (Fsp3) is 0.214. The lowest BCUT2D eigenvalue weighted by molar-refractivity contribution is -0.137. The third kappa shape index (κ3) is 4.46. The van der Waals surface area contributed by atoms with E-state index >= 15 is 0 Å². The lowest BCUT2D eigenvalue weighted by Crippen LogP contribution is -2.50. The van der Waals surface area contributed by atoms with Crippen molar-refractivity contribution in [2.24, 2.45) is 0 Å². The molecule has 3 heterocycles. The van der Waals surface area contributed by atoms with Gasteiger partial charge in [0.25, 0.3) is 11.7 Å². The van der Waals surface area contributed by atoms with Crippen molar-refractivity contribution < 1.29 is 22.8 Å². The highest BCUT2D eigenvalue weighted by Crippen LogP contribution is 2.32. The monoisotopic (exact) mass is 491 g/mol. The molecule has 0 saturated carbocycles. The summed E-state index contributed by atoms with van der Waals surface area (Å²) in [7, 11) is 0. The van der Waals surface area contributed by atoms with Crippen LogP contribution in [0.3, 0.4) is 0 Å². The Bertz CT molecular complexity index is 1430. The maximum absolute atomic E-state index is 13.5. The van der Waals surface area contributed by atoms with Gasteiger partial charge in [0.15, 0.2) is 0 Å². The Morgan fingerprint density at radius 3 is 2.25 bits per heavy atom. The summed E-state index contributed by atoms with van der Waals surface area (Å²) in [5, 5.41) is 0. The molecule has 184 valence electrons. The van der Waals surface area contributed by atoms with Gasteiger partial charge in [-0.1, -0.05) is 42.0 Å². The van der Waals surface area contributed by atoms with Crippen LogP contribution in [0.4, 0.5) is 18.9 Å². The van der Waals surface area contributed by atoms with Gasteiger partial charge in [-0.15, -0.1) is 0 Å². The molecule has 0 radical (unpaired) electrons. The number of pyridine rings is 1. The van der Waals surface area contributed by atoms with Crippen molar-refractivity contribution in [3.63, 3.8) is 0 Å². The first-order valence-electron chi connectivity index (χ1n) is 11.7. The molecule has 0 aliphatic carbocycles. The van der Waals surface area contributed by atoms with E-state index in [0.717, 1.165) is 28.8 Å². The van der Waals surface area contributed by atoms with E-state index in [2.05, 4.69) is 0 Å². The Morgan fingerprint density at radius 2 is 1.56 bits per heavy atom. The van der Waals surface area contributed by atoms with Crippen LogP contribution in [0.15, 0.2) is 79.0 Å². The summed E-state index contributed by atoms with van der Waals surface area (Å²) in [6.07, 6.45) is -2.66. The molecular weight excluding hydrogens is 467 g/mol. The topological polar surface area (TPSA) is 45.0 Å². The zero-order valence-electron chi connectivity index (χ0n) is 19.6. The van der Waals surface area contributed by atoms with Crippen LogP contribution in [0.2, 0.25) is 0 Å². The SMILES string of the molecule is Cc1ccc(-c2cc3ccccn3c2C(=O)C(=O)N2CCN(c3cccc(C(F)(F)F)c3)CC2)cc1. The highest BCUT2D eigenvalue weighted by Gasteiger charge is 2.33. The van der Waals surface area contributed by atoms with Gasteiger partial charge in [0, 0.05) is 49.1 Å². The molecule has 8 heteroatoms. The van der Waals surface area contributed by atoms with Gasteiger partial charge < -0.3 is 14.2 Å². The summed E-state index contributed by atoms with van der Waals surface area (Å²) >= 11 is 0. The van der Waals surface area contributed by atoms with Crippen molar-refractivity contribution in [3.05, 3.63) is 95.8 Å². The number of anilines is 1. The van der Waals surface area contributed by atoms with Gasteiger partial charge in [-0.2, -0.15) is 13.2 Å². The number of hydrogen-bond donors (Lipinski definition) is 0. The predicted molar refractivity (Wildman–Crippen MR) is 132 cm³/mol. The first kappa shape index (κ1) is 23.7. The molecule has 0 unspecified atom stereocenters. The van der Waals surface area contributed by atoms with Gasteiger partial charge in [-0.25, -0.2) is 0 Å². The third-order valence-corrected chi connectivity index (χ3v) is 6.56. The lowest BCUT2D eigenvalue weighted by Gasteiger charge is -2.36. The van der Waals surface area contributed by atoms with Crippen LogP contribution in [-0.2, 0) is 11.0 Å². The van der Waals surface area contributed by atoms with E-state index in [1.165, 1.54) is 11.0 Å². The van der Waals surface area contributed by atoms with Gasteiger partial charge in [0.2, 0.25) is 0 Å². The Labute approximate surface area is 206 Å². The summed E-state index contributed by atoms with van der Waals surface area (Å²) in [4.78, 5) is 30.1. The van der Waals surface area contributed by atoms with Crippen LogP contribution in [0.25, 0.3) is 16.6 Å². The first-order chi connectivity index (χ1) is 17.2. The van der Waals surface area contributed by atoms with Crippen LogP contribution >= 0.6 is 0 Å². The quantitative estimate of drug-likeness (QED) is 0.281. The molecule has 2 aromatic heterocycles. The average molecular weight is 492 g/mol. The van der Waals surface area contributed by atoms with Crippen molar-refractivity contribution in [2.75, 3.05) is 31.1 Å². The molecule has 1 fully saturated rings. The zero-order valence-corrected chi connectivity index (χ0v) is 19.6. The second-order valence-electron chi connectivity index (χ2n) is 8.92. The molecule has 36 heavy (non-hydrogen) atoms. The van der Waals surface area contributed by atoms with Gasteiger partial charge >= 0.3 is 6.18 Å². The van der Waals surface area contributed by atoms with Gasteiger partial charge in [-0.05, 0) is 48.9 Å². The summed E-state index contributed by atoms with van der Waals surface area (Å²) in [5.41, 5.74) is 3.46. The first-order valence-corrected chi connectivity index (χ1v) is 11.7. The molecule has 5 rings (SSSR count). The van der Waals surface area contributed by atoms with Gasteiger partial charge in [-0.3, -0.25) is 9.59 Å². The fourth-order valence-corrected chi connectivity index (χ4v) is 4.60. The largest absolute Gasteiger partial charge is 0.416 e. The molecule has 0 atom stereocenters. The standard InChI is InChI=1S/C28H24F3N3O2/c1-19-8-10-20(11-9-19)24-18-23-6-2-3-12-34(23)25(24)26(35)27(36)33-15-13-32(14-16-33)22-7-4-5-21(17-22)28(29,30)31/h2-12,17-18H,13-16H2,1H3. The van der Waals surface area contributed by atoms with E-state index in [9.17, 15) is 22.8 Å². The Balaban J connectivity index is 1.38. The second-order valence-corrected chi connectivity index (χ2v) is 8.92. The van der Waals surface area contributed by atoms with Crippen LogP contribution in [0, 0.1) is 6.92 Å². The van der Waals surface area contributed by atoms with Crippen LogP contribution in [0.1, 0.15) is 21.6 Å². The molecule has 0 N–H and O–H groups in total. The molecular formula is C28H24F3N3O2. The summed E-state index contributed by atoms with van der Waals surface area (Å²) in [6, 6.07) is 20.4. The number of halogens is 3. The number of ketones is 1. The average Bonchev–Trinajstić information content (AvgIpc) is 3.27. The zero-order chi connectivity index (χ0) is 25.4. The minimum absolute atomic E-state index is 0.240. The van der Waals surface area contributed by atoms with Crippen molar-refractivity contribution in [2.45, 2.75) is 13.1 Å². The third-order valence-electron chi connectivity index (χ3n) is 6.56. The minimum Gasteiger partial charge on any atom is -0.368 e. The summed E-state index contributed by atoms with van der Waals surface area (Å²) in [6.45, 7) is 3.13. The van der Waals surface area contributed by atoms with Gasteiger partial charge in [0.05, 0.1) is 5.56 Å². The second kappa shape index (κ2) is 9.18. The smallest absolute Gasteiger partial charge is 0.368 e. The number of amides is 1. The number of fused-ring (bicyclic) bond motifs is 1. The molecule has 1 amide bonds. The number of hydrogen-bond acceptors (Lipinski definition) is 3. The molecule has 1 aliphatic rings. The number of Topliss-reactive ketones (excluding diaryl/α,β-unsaturated/α-hetero) is 1. The normalized spacial score (nSPS) is 14.3. The van der Waals surface area contributed by atoms with Crippen molar-refractivity contribution in [1.29, 1.82) is 0 Å². The van der Waals surface area contributed by atoms with Crippen molar-refractivity contribution in [3.8, 4) is 11.1 Å². The predicted octanol–water partition coefficient (Wildman–Crippen LogP) is 5.47. The summed E-state index contributed by atoms with van der Waals surface area (Å²) in [5.74, 6) is -1.22. The number of aryl methyl sites for hydroxylation is 1. The molecule has 4 aromatic rings. The van der Waals surface area contributed by atoms with Crippen LogP contribution in [-0.4, -0.2) is 47.2 Å². The van der Waals surface area contributed by atoms with E-state index in [1.807, 2.05) is 49.4 Å². The minimum atomic E-state index is -4.42. The summed E-state index contributed by atoms with van der Waals surface area (Å²) < 4.78 is 41.0. The molecule has 1 saturated heterocycles. The van der Waals surface area contributed by atoms with E-state index in [-0.39, 0.29) is 13.1 Å². The number of aromatic nitrogens is 1. The van der Waals surface area contributed by atoms with Gasteiger partial charge in [0.1, 0.15) is 5.69 Å². The lowest BCUT2D eigenvalue weighted by atomic mass is 10.0. The van der Waals surface area contributed by atoms with E-state index in [0.29, 0.717) is 30.0 Å². The van der Waals surface area contributed by atoms with Crippen molar-refractivity contribution in [1.82, 2.24) is 9.30 Å². The van der Waals surface area contributed by atoms with E-state index in [1.54, 1.807) is 27.6 Å². The number of carbonyl (C=O) groups excluding carboxylic acids is 2. The highest BCUT2D eigenvalue weighted by atomic mass is 19.4. The fourth-order valence-electron chi connectivity index (χ4n) is 4.60. The number of alkyl halides is 3. The number of rotatable bonds is 4. The molecule has 2 aromatic carbocycles. The number of benzene rings is 2. The Morgan fingerprint density at radius 1 is 0.833 bits per heavy atom. The van der Waals surface area contributed by atoms with Crippen LogP contribution < -0.4 is 4.90 Å². The van der Waals surface area contributed by atoms with Crippen LogP contribution in [0.5, 0.6) is 0 Å². The van der Waals surface area contributed by atoms with E-state index in [4.69, 9.17) is 0 Å². The highest BCUT2D eigenvalue weighted by molar-refractivity contribution is 6.43.